The van der Waals surface area contributed by atoms with Crippen LogP contribution in [0.3, 0.4) is 0 Å². The number of halogens is 1. The number of rotatable bonds is 4. The molecule has 0 amide bonds. The summed E-state index contributed by atoms with van der Waals surface area (Å²) in [5, 5.41) is 3.67. The van der Waals surface area contributed by atoms with Gasteiger partial charge in [-0.25, -0.2) is 9.97 Å². The van der Waals surface area contributed by atoms with Gasteiger partial charge in [0.2, 0.25) is 0 Å². The van der Waals surface area contributed by atoms with E-state index in [2.05, 4.69) is 41.2 Å². The van der Waals surface area contributed by atoms with Crippen LogP contribution in [0, 0.1) is 5.92 Å². The third-order valence-corrected chi connectivity index (χ3v) is 4.74. The van der Waals surface area contributed by atoms with Crippen molar-refractivity contribution in [1.29, 1.82) is 0 Å². The second-order valence-corrected chi connectivity index (χ2v) is 6.46. The molecule has 0 aromatic carbocycles. The van der Waals surface area contributed by atoms with Gasteiger partial charge in [0.15, 0.2) is 11.0 Å². The van der Waals surface area contributed by atoms with Gasteiger partial charge < -0.3 is 16.0 Å². The van der Waals surface area contributed by atoms with Crippen LogP contribution in [0.4, 0.5) is 11.5 Å². The molecule has 3 N–H and O–H groups in total. The molecule has 1 aliphatic rings. The molecule has 0 spiro atoms. The number of hydrogen-bond donors (Lipinski definition) is 2. The Labute approximate surface area is 125 Å². The van der Waals surface area contributed by atoms with Crippen molar-refractivity contribution >= 4 is 23.1 Å². The highest BCUT2D eigenvalue weighted by atomic mass is 35.5. The lowest BCUT2D eigenvalue weighted by Crippen LogP contribution is -2.52. The first-order valence-corrected chi connectivity index (χ1v) is 7.50. The summed E-state index contributed by atoms with van der Waals surface area (Å²) in [6.07, 6.45) is 6.40. The zero-order valence-electron chi connectivity index (χ0n) is 12.5. The van der Waals surface area contributed by atoms with E-state index in [4.69, 9.17) is 17.3 Å². The number of hydrogen-bond acceptors (Lipinski definition) is 5. The Morgan fingerprint density at radius 3 is 2.90 bits per heavy atom. The van der Waals surface area contributed by atoms with Crippen LogP contribution < -0.4 is 11.1 Å². The van der Waals surface area contributed by atoms with Crippen LogP contribution in [0.15, 0.2) is 6.33 Å². The van der Waals surface area contributed by atoms with Gasteiger partial charge >= 0.3 is 0 Å². The minimum Gasteiger partial charge on any atom is -0.393 e. The number of anilines is 2. The standard InChI is InChI=1S/C14H24ClN5/c1-10-5-4-6-14(7-10,20(2)3)8-17-13-11(16)12(15)18-9-19-13/h9-10H,4-8,16H2,1-3H3,(H,17,18,19). The summed E-state index contributed by atoms with van der Waals surface area (Å²) < 4.78 is 0. The van der Waals surface area contributed by atoms with Crippen molar-refractivity contribution in [1.82, 2.24) is 14.9 Å². The molecule has 1 aromatic heterocycles. The molecule has 1 saturated carbocycles. The minimum atomic E-state index is 0.154. The van der Waals surface area contributed by atoms with Crippen molar-refractivity contribution in [3.05, 3.63) is 11.5 Å². The number of nitrogens with one attached hydrogen (secondary N) is 1. The van der Waals surface area contributed by atoms with Crippen LogP contribution in [0.5, 0.6) is 0 Å². The second-order valence-electron chi connectivity index (χ2n) is 6.10. The monoisotopic (exact) mass is 297 g/mol. The SMILES string of the molecule is CC1CCCC(CNc2ncnc(Cl)c2N)(N(C)C)C1. The van der Waals surface area contributed by atoms with Crippen LogP contribution >= 0.6 is 11.6 Å². The first-order valence-electron chi connectivity index (χ1n) is 7.12. The highest BCUT2D eigenvalue weighted by molar-refractivity contribution is 6.32. The molecule has 2 unspecified atom stereocenters. The summed E-state index contributed by atoms with van der Waals surface area (Å²) in [6.45, 7) is 3.15. The molecule has 0 bridgehead atoms. The number of nitrogens with zero attached hydrogens (tertiary/aromatic N) is 3. The number of nitrogen functional groups attached to an aromatic ring is 1. The zero-order chi connectivity index (χ0) is 14.8. The topological polar surface area (TPSA) is 67.1 Å². The molecule has 112 valence electrons. The molecule has 0 radical (unpaired) electrons. The fourth-order valence-corrected chi connectivity index (χ4v) is 3.25. The van der Waals surface area contributed by atoms with Crippen LogP contribution in [0.25, 0.3) is 0 Å². The van der Waals surface area contributed by atoms with Crippen LogP contribution in [0.2, 0.25) is 5.15 Å². The molecule has 0 aliphatic heterocycles. The number of aromatic nitrogens is 2. The maximum Gasteiger partial charge on any atom is 0.157 e. The van der Waals surface area contributed by atoms with E-state index in [9.17, 15) is 0 Å². The van der Waals surface area contributed by atoms with E-state index in [0.29, 0.717) is 16.7 Å². The molecule has 20 heavy (non-hydrogen) atoms. The first-order chi connectivity index (χ1) is 9.44. The average molecular weight is 298 g/mol. The van der Waals surface area contributed by atoms with E-state index in [1.54, 1.807) is 0 Å². The van der Waals surface area contributed by atoms with Gasteiger partial charge in [0.05, 0.1) is 0 Å². The number of likely N-dealkylation sites (N-methyl/N-ethyl adjacent to an activating group) is 1. The third kappa shape index (κ3) is 3.15. The van der Waals surface area contributed by atoms with Crippen molar-refractivity contribution < 1.29 is 0 Å². The average Bonchev–Trinajstić information content (AvgIpc) is 2.40. The second kappa shape index (κ2) is 6.14. The Kier molecular flexibility index (Phi) is 4.70. The van der Waals surface area contributed by atoms with E-state index >= 15 is 0 Å². The quantitative estimate of drug-likeness (QED) is 0.836. The van der Waals surface area contributed by atoms with Gasteiger partial charge in [0.1, 0.15) is 12.0 Å². The lowest BCUT2D eigenvalue weighted by molar-refractivity contribution is 0.0882. The first kappa shape index (κ1) is 15.3. The molecule has 1 aromatic rings. The molecule has 5 nitrogen and oxygen atoms in total. The van der Waals surface area contributed by atoms with Crippen molar-refractivity contribution in [2.75, 3.05) is 31.7 Å². The Bertz CT molecular complexity index is 465. The predicted molar refractivity (Wildman–Crippen MR) is 84.0 cm³/mol. The van der Waals surface area contributed by atoms with Gasteiger partial charge in [-0.3, -0.25) is 0 Å². The minimum absolute atomic E-state index is 0.154. The highest BCUT2D eigenvalue weighted by Crippen LogP contribution is 2.36. The summed E-state index contributed by atoms with van der Waals surface area (Å²) >= 11 is 5.93. The van der Waals surface area contributed by atoms with Crippen LogP contribution in [-0.4, -0.2) is 41.0 Å². The van der Waals surface area contributed by atoms with Crippen molar-refractivity contribution in [3.8, 4) is 0 Å². The van der Waals surface area contributed by atoms with E-state index in [1.807, 2.05) is 0 Å². The maximum atomic E-state index is 5.93. The molecule has 6 heteroatoms. The number of nitrogens with two attached hydrogens (primary N) is 1. The summed E-state index contributed by atoms with van der Waals surface area (Å²) in [5.41, 5.74) is 6.49. The summed E-state index contributed by atoms with van der Waals surface area (Å²) in [4.78, 5) is 10.4. The smallest absolute Gasteiger partial charge is 0.157 e. The van der Waals surface area contributed by atoms with Gasteiger partial charge in [-0.2, -0.15) is 0 Å². The van der Waals surface area contributed by atoms with Gasteiger partial charge in [-0.1, -0.05) is 31.4 Å². The Morgan fingerprint density at radius 2 is 2.25 bits per heavy atom. The lowest BCUT2D eigenvalue weighted by atomic mass is 9.75. The molecule has 1 aliphatic carbocycles. The molecule has 2 atom stereocenters. The Balaban J connectivity index is 2.11. The van der Waals surface area contributed by atoms with Gasteiger partial charge in [-0.05, 0) is 32.9 Å². The zero-order valence-corrected chi connectivity index (χ0v) is 13.2. The summed E-state index contributed by atoms with van der Waals surface area (Å²) in [5.74, 6) is 1.38. The van der Waals surface area contributed by atoms with Crippen LogP contribution in [0.1, 0.15) is 32.6 Å². The third-order valence-electron chi connectivity index (χ3n) is 4.44. The lowest BCUT2D eigenvalue weighted by Gasteiger charge is -2.45. The van der Waals surface area contributed by atoms with E-state index in [0.717, 1.165) is 12.5 Å². The fourth-order valence-electron chi connectivity index (χ4n) is 3.12. The van der Waals surface area contributed by atoms with Crippen molar-refractivity contribution in [3.63, 3.8) is 0 Å². The predicted octanol–water partition coefficient (Wildman–Crippen LogP) is 2.63. The molecule has 1 fully saturated rings. The van der Waals surface area contributed by atoms with E-state index in [1.165, 1.54) is 32.0 Å². The van der Waals surface area contributed by atoms with Gasteiger partial charge in [0, 0.05) is 12.1 Å². The fraction of sp³-hybridized carbons (Fsp3) is 0.714. The largest absolute Gasteiger partial charge is 0.393 e. The summed E-state index contributed by atoms with van der Waals surface area (Å²) in [6, 6.07) is 0. The molecule has 1 heterocycles. The Hall–Kier alpha value is -1.07. The van der Waals surface area contributed by atoms with E-state index < -0.39 is 0 Å². The molecule has 0 saturated heterocycles. The molecular weight excluding hydrogens is 274 g/mol. The summed E-state index contributed by atoms with van der Waals surface area (Å²) in [7, 11) is 4.30. The highest BCUT2D eigenvalue weighted by Gasteiger charge is 2.36. The normalized spacial score (nSPS) is 26.8. The van der Waals surface area contributed by atoms with Crippen molar-refractivity contribution in [2.45, 2.75) is 38.1 Å². The van der Waals surface area contributed by atoms with Crippen LogP contribution in [-0.2, 0) is 0 Å². The Morgan fingerprint density at radius 1 is 1.50 bits per heavy atom. The molecule has 2 rings (SSSR count). The maximum absolute atomic E-state index is 5.93. The van der Waals surface area contributed by atoms with Gasteiger partial charge in [0.25, 0.3) is 0 Å². The molecular formula is C14H24ClN5. The van der Waals surface area contributed by atoms with Crippen molar-refractivity contribution in [2.24, 2.45) is 5.92 Å². The van der Waals surface area contributed by atoms with Gasteiger partial charge in [-0.15, -0.1) is 0 Å². The van der Waals surface area contributed by atoms with E-state index in [-0.39, 0.29) is 5.54 Å².